The fraction of sp³-hybridized carbons (Fsp3) is 0.125. The Morgan fingerprint density at radius 3 is 2.75 bits per heavy atom. The minimum absolute atomic E-state index is 0.107. The fourth-order valence-corrected chi connectivity index (χ4v) is 2.41. The molecule has 0 radical (unpaired) electrons. The summed E-state index contributed by atoms with van der Waals surface area (Å²) in [4.78, 5) is 12.2. The summed E-state index contributed by atoms with van der Waals surface area (Å²) in [5.41, 5.74) is 2.40. The van der Waals surface area contributed by atoms with E-state index in [0.717, 1.165) is 11.3 Å². The fourth-order valence-electron chi connectivity index (χ4n) is 2.41. The maximum Gasteiger partial charge on any atom is 0.231 e. The van der Waals surface area contributed by atoms with E-state index in [2.05, 4.69) is 20.8 Å². The van der Waals surface area contributed by atoms with Gasteiger partial charge in [0, 0.05) is 11.8 Å². The minimum Gasteiger partial charge on any atom is -0.454 e. The molecule has 0 unspecified atom stereocenters. The Bertz CT molecular complexity index is 862. The molecule has 2 heterocycles. The molecule has 1 aromatic heterocycles. The molecule has 0 saturated heterocycles. The van der Waals surface area contributed by atoms with E-state index in [0.29, 0.717) is 17.2 Å². The highest BCUT2D eigenvalue weighted by Crippen LogP contribution is 2.34. The Morgan fingerprint density at radius 2 is 1.96 bits per heavy atom. The number of nitrogens with one attached hydrogen (secondary N) is 1. The van der Waals surface area contributed by atoms with E-state index in [1.54, 1.807) is 22.9 Å². The Morgan fingerprint density at radius 1 is 1.12 bits per heavy atom. The van der Waals surface area contributed by atoms with Gasteiger partial charge in [0.15, 0.2) is 11.5 Å². The molecule has 0 bridgehead atoms. The van der Waals surface area contributed by atoms with Gasteiger partial charge in [-0.05, 0) is 40.3 Å². The van der Waals surface area contributed by atoms with Crippen molar-refractivity contribution >= 4 is 11.6 Å². The van der Waals surface area contributed by atoms with Crippen LogP contribution in [0.15, 0.2) is 48.8 Å². The monoisotopic (exact) mass is 323 g/mol. The summed E-state index contributed by atoms with van der Waals surface area (Å²) in [5.74, 6) is 1.22. The van der Waals surface area contributed by atoms with Crippen LogP contribution in [0.3, 0.4) is 0 Å². The van der Waals surface area contributed by atoms with Gasteiger partial charge in [0.2, 0.25) is 12.7 Å². The van der Waals surface area contributed by atoms with Crippen LogP contribution in [0.1, 0.15) is 5.56 Å². The Balaban J connectivity index is 1.41. The van der Waals surface area contributed by atoms with Crippen LogP contribution in [0.5, 0.6) is 11.5 Å². The summed E-state index contributed by atoms with van der Waals surface area (Å²) >= 11 is 0. The third kappa shape index (κ3) is 2.89. The van der Waals surface area contributed by atoms with Gasteiger partial charge in [-0.2, -0.15) is 0 Å². The van der Waals surface area contributed by atoms with Gasteiger partial charge in [-0.15, -0.1) is 5.10 Å². The molecule has 0 atom stereocenters. The quantitative estimate of drug-likeness (QED) is 0.784. The molecule has 120 valence electrons. The normalized spacial score (nSPS) is 12.2. The third-order valence-electron chi connectivity index (χ3n) is 3.57. The number of rotatable bonds is 4. The molecular formula is C16H13N5O3. The second-order valence-electron chi connectivity index (χ2n) is 5.21. The molecule has 3 aromatic rings. The van der Waals surface area contributed by atoms with Crippen LogP contribution in [0.2, 0.25) is 0 Å². The Hall–Kier alpha value is -3.42. The highest BCUT2D eigenvalue weighted by molar-refractivity contribution is 5.92. The van der Waals surface area contributed by atoms with E-state index in [1.165, 1.54) is 6.33 Å². The zero-order chi connectivity index (χ0) is 16.4. The number of fused-ring (bicyclic) bond motifs is 1. The van der Waals surface area contributed by atoms with Gasteiger partial charge < -0.3 is 14.8 Å². The number of benzene rings is 2. The average molecular weight is 323 g/mol. The van der Waals surface area contributed by atoms with Crippen molar-refractivity contribution in [2.75, 3.05) is 12.1 Å². The lowest BCUT2D eigenvalue weighted by molar-refractivity contribution is -0.115. The van der Waals surface area contributed by atoms with Gasteiger partial charge in [0.25, 0.3) is 0 Å². The number of hydrogen-bond donors (Lipinski definition) is 1. The van der Waals surface area contributed by atoms with Gasteiger partial charge >= 0.3 is 0 Å². The lowest BCUT2D eigenvalue weighted by atomic mass is 10.1. The maximum atomic E-state index is 12.2. The molecule has 24 heavy (non-hydrogen) atoms. The molecule has 0 fully saturated rings. The van der Waals surface area contributed by atoms with Crippen molar-refractivity contribution in [2.45, 2.75) is 6.42 Å². The SMILES string of the molecule is O=C(Cc1ccc(-n2cnnn2)cc1)Nc1ccc2c(c1)OCO2. The van der Waals surface area contributed by atoms with Gasteiger partial charge in [-0.25, -0.2) is 4.68 Å². The molecule has 4 rings (SSSR count). The number of carbonyl (C=O) groups excluding carboxylic acids is 1. The zero-order valence-corrected chi connectivity index (χ0v) is 12.5. The van der Waals surface area contributed by atoms with E-state index in [1.807, 2.05) is 24.3 Å². The summed E-state index contributed by atoms with van der Waals surface area (Å²) in [6.07, 6.45) is 1.78. The first-order chi connectivity index (χ1) is 11.8. The number of amides is 1. The van der Waals surface area contributed by atoms with Crippen LogP contribution < -0.4 is 14.8 Å². The van der Waals surface area contributed by atoms with Crippen molar-refractivity contribution in [3.63, 3.8) is 0 Å². The average Bonchev–Trinajstić information content (AvgIpc) is 3.26. The minimum atomic E-state index is -0.107. The third-order valence-corrected chi connectivity index (χ3v) is 3.57. The lowest BCUT2D eigenvalue weighted by Crippen LogP contribution is -2.14. The van der Waals surface area contributed by atoms with Crippen molar-refractivity contribution in [1.29, 1.82) is 0 Å². The second kappa shape index (κ2) is 5.99. The summed E-state index contributed by atoms with van der Waals surface area (Å²) in [6.45, 7) is 0.209. The number of aromatic nitrogens is 4. The van der Waals surface area contributed by atoms with Crippen molar-refractivity contribution < 1.29 is 14.3 Å². The number of hydrogen-bond acceptors (Lipinski definition) is 6. The van der Waals surface area contributed by atoms with Gasteiger partial charge in [0.05, 0.1) is 12.1 Å². The molecule has 0 saturated carbocycles. The van der Waals surface area contributed by atoms with E-state index >= 15 is 0 Å². The van der Waals surface area contributed by atoms with E-state index in [4.69, 9.17) is 9.47 Å². The van der Waals surface area contributed by atoms with Crippen LogP contribution in [-0.2, 0) is 11.2 Å². The highest BCUT2D eigenvalue weighted by Gasteiger charge is 2.14. The van der Waals surface area contributed by atoms with Crippen molar-refractivity contribution in [2.24, 2.45) is 0 Å². The summed E-state index contributed by atoms with van der Waals surface area (Å²) in [5, 5.41) is 13.8. The van der Waals surface area contributed by atoms with Crippen LogP contribution in [-0.4, -0.2) is 32.9 Å². The zero-order valence-electron chi connectivity index (χ0n) is 12.5. The first-order valence-corrected chi connectivity index (χ1v) is 7.30. The highest BCUT2D eigenvalue weighted by atomic mass is 16.7. The van der Waals surface area contributed by atoms with Crippen LogP contribution >= 0.6 is 0 Å². The molecule has 8 heteroatoms. The van der Waals surface area contributed by atoms with Gasteiger partial charge in [-0.1, -0.05) is 12.1 Å². The number of ether oxygens (including phenoxy) is 2. The largest absolute Gasteiger partial charge is 0.454 e. The van der Waals surface area contributed by atoms with Crippen LogP contribution in [0.25, 0.3) is 5.69 Å². The van der Waals surface area contributed by atoms with Crippen LogP contribution in [0, 0.1) is 0 Å². The van der Waals surface area contributed by atoms with Crippen molar-refractivity contribution in [3.05, 3.63) is 54.4 Å². The van der Waals surface area contributed by atoms with Gasteiger partial charge in [0.1, 0.15) is 6.33 Å². The molecule has 1 N–H and O–H groups in total. The molecule has 0 spiro atoms. The number of nitrogens with zero attached hydrogens (tertiary/aromatic N) is 4. The van der Waals surface area contributed by atoms with Gasteiger partial charge in [-0.3, -0.25) is 4.79 Å². The smallest absolute Gasteiger partial charge is 0.231 e. The number of tetrazole rings is 1. The predicted molar refractivity (Wildman–Crippen MR) is 84.1 cm³/mol. The van der Waals surface area contributed by atoms with Crippen molar-refractivity contribution in [1.82, 2.24) is 20.2 Å². The predicted octanol–water partition coefficient (Wildman–Crippen LogP) is 1.57. The molecule has 1 aliphatic heterocycles. The first-order valence-electron chi connectivity index (χ1n) is 7.30. The second-order valence-corrected chi connectivity index (χ2v) is 5.21. The van der Waals surface area contributed by atoms with Crippen molar-refractivity contribution in [3.8, 4) is 17.2 Å². The molecule has 8 nitrogen and oxygen atoms in total. The number of anilines is 1. The van der Waals surface area contributed by atoms with E-state index < -0.39 is 0 Å². The molecule has 0 aliphatic carbocycles. The lowest BCUT2D eigenvalue weighted by Gasteiger charge is -2.07. The van der Waals surface area contributed by atoms with Crippen LogP contribution in [0.4, 0.5) is 5.69 Å². The topological polar surface area (TPSA) is 91.2 Å². The first kappa shape index (κ1) is 14.2. The summed E-state index contributed by atoms with van der Waals surface area (Å²) in [7, 11) is 0. The molecular weight excluding hydrogens is 310 g/mol. The maximum absolute atomic E-state index is 12.2. The Labute approximate surface area is 137 Å². The molecule has 1 amide bonds. The Kier molecular flexibility index (Phi) is 3.54. The molecule has 2 aromatic carbocycles. The number of carbonyl (C=O) groups is 1. The summed E-state index contributed by atoms with van der Waals surface area (Å²) in [6, 6.07) is 12.8. The summed E-state index contributed by atoms with van der Waals surface area (Å²) < 4.78 is 12.1. The standard InChI is InChI=1S/C16H13N5O3/c22-16(18-12-3-6-14-15(8-12)24-10-23-14)7-11-1-4-13(5-2-11)21-9-17-19-20-21/h1-6,8-9H,7,10H2,(H,18,22). The molecule has 1 aliphatic rings. The van der Waals surface area contributed by atoms with E-state index in [-0.39, 0.29) is 19.1 Å². The van der Waals surface area contributed by atoms with E-state index in [9.17, 15) is 4.79 Å².